The molecular formula is C12H15NO3. The zero-order valence-corrected chi connectivity index (χ0v) is 9.31. The Bertz CT molecular complexity index is 370. The second kappa shape index (κ2) is 5.80. The molecule has 0 bridgehead atoms. The van der Waals surface area contributed by atoms with E-state index in [1.165, 1.54) is 6.20 Å². The van der Waals surface area contributed by atoms with Crippen LogP contribution in [0.15, 0.2) is 36.5 Å². The Morgan fingerprint density at radius 1 is 1.44 bits per heavy atom. The van der Waals surface area contributed by atoms with Gasteiger partial charge < -0.3 is 15.2 Å². The van der Waals surface area contributed by atoms with E-state index < -0.39 is 5.97 Å². The number of hydrogen-bond donors (Lipinski definition) is 2. The summed E-state index contributed by atoms with van der Waals surface area (Å²) in [6.07, 6.45) is 2.50. The predicted molar refractivity (Wildman–Crippen MR) is 61.3 cm³/mol. The summed E-state index contributed by atoms with van der Waals surface area (Å²) in [6.45, 7) is 1.95. The first-order chi connectivity index (χ1) is 7.63. The number of hydrogen-bond acceptors (Lipinski definition) is 3. The number of rotatable bonds is 5. The summed E-state index contributed by atoms with van der Waals surface area (Å²) in [5.41, 5.74) is 1.07. The molecule has 0 aliphatic carbocycles. The van der Waals surface area contributed by atoms with E-state index in [9.17, 15) is 4.79 Å². The maximum atomic E-state index is 10.3. The van der Waals surface area contributed by atoms with Crippen molar-refractivity contribution in [2.75, 3.05) is 7.11 Å². The lowest BCUT2D eigenvalue weighted by Gasteiger charge is -2.12. The molecule has 1 aromatic carbocycles. The van der Waals surface area contributed by atoms with Crippen molar-refractivity contribution in [2.24, 2.45) is 0 Å². The maximum Gasteiger partial charge on any atom is 0.329 e. The van der Waals surface area contributed by atoms with Crippen LogP contribution in [-0.2, 0) is 4.79 Å². The van der Waals surface area contributed by atoms with E-state index in [1.54, 1.807) is 7.11 Å². The molecule has 0 unspecified atom stereocenters. The number of benzene rings is 1. The van der Waals surface area contributed by atoms with E-state index in [0.717, 1.165) is 17.4 Å². The average molecular weight is 221 g/mol. The number of ether oxygens (including phenoxy) is 1. The average Bonchev–Trinajstić information content (AvgIpc) is 2.28. The molecule has 1 aromatic rings. The zero-order valence-electron chi connectivity index (χ0n) is 9.31. The third kappa shape index (κ3) is 3.65. The van der Waals surface area contributed by atoms with Gasteiger partial charge in [-0.1, -0.05) is 12.1 Å². The summed E-state index contributed by atoms with van der Waals surface area (Å²) in [7, 11) is 1.62. The number of carboxylic acids is 1. The summed E-state index contributed by atoms with van der Waals surface area (Å²) >= 11 is 0. The molecule has 0 fully saturated rings. The van der Waals surface area contributed by atoms with Gasteiger partial charge in [0.25, 0.3) is 0 Å². The number of carboxylic acid groups (broad SMARTS) is 1. The highest BCUT2D eigenvalue weighted by atomic mass is 16.5. The second-order valence-electron chi connectivity index (χ2n) is 3.33. The van der Waals surface area contributed by atoms with Crippen LogP contribution < -0.4 is 10.1 Å². The van der Waals surface area contributed by atoms with Crippen LogP contribution in [0, 0.1) is 0 Å². The topological polar surface area (TPSA) is 58.6 Å². The predicted octanol–water partition coefficient (Wildman–Crippen LogP) is 1.94. The Balaban J connectivity index is 2.58. The molecule has 0 heterocycles. The van der Waals surface area contributed by atoms with Gasteiger partial charge in [0.1, 0.15) is 5.75 Å². The number of nitrogens with one attached hydrogen (secondary N) is 1. The fourth-order valence-electron chi connectivity index (χ4n) is 1.25. The SMILES string of the molecule is COc1ccc([C@H](C)N/C=C/C(=O)O)cc1. The maximum absolute atomic E-state index is 10.3. The van der Waals surface area contributed by atoms with Crippen LogP contribution in [0.4, 0.5) is 0 Å². The highest BCUT2D eigenvalue weighted by Gasteiger charge is 2.02. The van der Waals surface area contributed by atoms with Crippen LogP contribution in [0.25, 0.3) is 0 Å². The summed E-state index contributed by atoms with van der Waals surface area (Å²) in [5.74, 6) is -0.161. The Labute approximate surface area is 94.6 Å². The minimum Gasteiger partial charge on any atom is -0.497 e. The van der Waals surface area contributed by atoms with E-state index in [2.05, 4.69) is 5.32 Å². The Morgan fingerprint density at radius 3 is 2.56 bits per heavy atom. The van der Waals surface area contributed by atoms with Gasteiger partial charge in [0.05, 0.1) is 7.11 Å². The molecule has 0 aromatic heterocycles. The quantitative estimate of drug-likeness (QED) is 0.746. The molecular weight excluding hydrogens is 206 g/mol. The standard InChI is InChI=1S/C12H15NO3/c1-9(13-8-7-12(14)15)10-3-5-11(16-2)6-4-10/h3-9,13H,1-2H3,(H,14,15)/b8-7+/t9-/m0/s1. The molecule has 4 heteroatoms. The monoisotopic (exact) mass is 221 g/mol. The molecule has 2 N–H and O–H groups in total. The van der Waals surface area contributed by atoms with Crippen molar-refractivity contribution in [2.45, 2.75) is 13.0 Å². The van der Waals surface area contributed by atoms with Crippen LogP contribution in [0.1, 0.15) is 18.5 Å². The fourth-order valence-corrected chi connectivity index (χ4v) is 1.25. The van der Waals surface area contributed by atoms with Gasteiger partial charge in [-0.2, -0.15) is 0 Å². The first kappa shape index (κ1) is 12.1. The van der Waals surface area contributed by atoms with Gasteiger partial charge in [-0.05, 0) is 24.6 Å². The van der Waals surface area contributed by atoms with E-state index in [-0.39, 0.29) is 6.04 Å². The van der Waals surface area contributed by atoms with E-state index >= 15 is 0 Å². The number of carbonyl (C=O) groups is 1. The van der Waals surface area contributed by atoms with Crippen molar-refractivity contribution in [1.82, 2.24) is 5.32 Å². The fraction of sp³-hybridized carbons (Fsp3) is 0.250. The molecule has 16 heavy (non-hydrogen) atoms. The van der Waals surface area contributed by atoms with Crippen LogP contribution in [0.5, 0.6) is 5.75 Å². The van der Waals surface area contributed by atoms with Crippen molar-refractivity contribution < 1.29 is 14.6 Å². The molecule has 0 saturated carbocycles. The first-order valence-electron chi connectivity index (χ1n) is 4.93. The highest BCUT2D eigenvalue weighted by molar-refractivity contribution is 5.79. The lowest BCUT2D eigenvalue weighted by molar-refractivity contribution is -0.131. The second-order valence-corrected chi connectivity index (χ2v) is 3.33. The molecule has 0 spiro atoms. The minimum atomic E-state index is -0.963. The van der Waals surface area contributed by atoms with Crippen molar-refractivity contribution in [3.05, 3.63) is 42.1 Å². The van der Waals surface area contributed by atoms with E-state index in [4.69, 9.17) is 9.84 Å². The number of aliphatic carboxylic acids is 1. The third-order valence-corrected chi connectivity index (χ3v) is 2.19. The zero-order chi connectivity index (χ0) is 12.0. The normalized spacial score (nSPS) is 12.4. The lowest BCUT2D eigenvalue weighted by atomic mass is 10.1. The van der Waals surface area contributed by atoms with Crippen molar-refractivity contribution in [3.8, 4) is 5.75 Å². The third-order valence-electron chi connectivity index (χ3n) is 2.19. The summed E-state index contributed by atoms with van der Waals surface area (Å²) in [6, 6.07) is 7.67. The lowest BCUT2D eigenvalue weighted by Crippen LogP contribution is -2.12. The van der Waals surface area contributed by atoms with Crippen LogP contribution in [-0.4, -0.2) is 18.2 Å². The Kier molecular flexibility index (Phi) is 4.39. The molecule has 0 aliphatic heterocycles. The van der Waals surface area contributed by atoms with Gasteiger partial charge in [-0.25, -0.2) is 4.79 Å². The molecule has 0 saturated heterocycles. The largest absolute Gasteiger partial charge is 0.497 e. The summed E-state index contributed by atoms with van der Waals surface area (Å²) < 4.78 is 5.05. The summed E-state index contributed by atoms with van der Waals surface area (Å²) in [4.78, 5) is 10.3. The number of methoxy groups -OCH3 is 1. The smallest absolute Gasteiger partial charge is 0.329 e. The van der Waals surface area contributed by atoms with E-state index in [1.807, 2.05) is 31.2 Å². The van der Waals surface area contributed by atoms with Crippen LogP contribution in [0.3, 0.4) is 0 Å². The molecule has 0 aliphatic rings. The minimum absolute atomic E-state index is 0.0570. The Morgan fingerprint density at radius 2 is 2.06 bits per heavy atom. The van der Waals surface area contributed by atoms with Crippen molar-refractivity contribution in [3.63, 3.8) is 0 Å². The molecule has 0 amide bonds. The van der Waals surface area contributed by atoms with Gasteiger partial charge >= 0.3 is 5.97 Å². The molecule has 1 rings (SSSR count). The van der Waals surface area contributed by atoms with Gasteiger partial charge in [0, 0.05) is 18.3 Å². The van der Waals surface area contributed by atoms with E-state index in [0.29, 0.717) is 0 Å². The summed E-state index contributed by atoms with van der Waals surface area (Å²) in [5, 5.41) is 11.4. The first-order valence-corrected chi connectivity index (χ1v) is 4.93. The molecule has 1 atom stereocenters. The van der Waals surface area contributed by atoms with Crippen molar-refractivity contribution in [1.29, 1.82) is 0 Å². The molecule has 4 nitrogen and oxygen atoms in total. The van der Waals surface area contributed by atoms with Gasteiger partial charge in [0.2, 0.25) is 0 Å². The van der Waals surface area contributed by atoms with Gasteiger partial charge in [-0.15, -0.1) is 0 Å². The van der Waals surface area contributed by atoms with Crippen LogP contribution >= 0.6 is 0 Å². The van der Waals surface area contributed by atoms with Gasteiger partial charge in [0.15, 0.2) is 0 Å². The highest BCUT2D eigenvalue weighted by Crippen LogP contribution is 2.16. The van der Waals surface area contributed by atoms with Crippen LogP contribution in [0.2, 0.25) is 0 Å². The Hall–Kier alpha value is -1.97. The van der Waals surface area contributed by atoms with Crippen molar-refractivity contribution >= 4 is 5.97 Å². The molecule has 0 radical (unpaired) electrons. The van der Waals surface area contributed by atoms with Gasteiger partial charge in [-0.3, -0.25) is 0 Å². The molecule has 86 valence electrons.